The van der Waals surface area contributed by atoms with Crippen molar-refractivity contribution in [2.45, 2.75) is 0 Å². The molecule has 0 unspecified atom stereocenters. The van der Waals surface area contributed by atoms with Crippen molar-refractivity contribution in [3.05, 3.63) is 51.3 Å². The summed E-state index contributed by atoms with van der Waals surface area (Å²) in [7, 11) is 0. The molecule has 2 aromatic rings. The second kappa shape index (κ2) is 5.54. The van der Waals surface area contributed by atoms with Gasteiger partial charge in [-0.15, -0.1) is 0 Å². The van der Waals surface area contributed by atoms with Crippen molar-refractivity contribution in [1.82, 2.24) is 4.98 Å². The number of aromatic nitrogens is 1. The summed E-state index contributed by atoms with van der Waals surface area (Å²) in [6.45, 7) is 0. The third-order valence-electron chi connectivity index (χ3n) is 2.25. The first kappa shape index (κ1) is 13.8. The second-order valence-corrected chi connectivity index (χ2v) is 5.05. The number of anilines is 2. The Kier molecular flexibility index (Phi) is 4.01. The molecule has 7 heteroatoms. The lowest BCUT2D eigenvalue weighted by atomic mass is 10.2. The van der Waals surface area contributed by atoms with Gasteiger partial charge >= 0.3 is 0 Å². The van der Waals surface area contributed by atoms with Gasteiger partial charge in [0.2, 0.25) is 0 Å². The summed E-state index contributed by atoms with van der Waals surface area (Å²) < 4.78 is 13.8. The highest BCUT2D eigenvalue weighted by Crippen LogP contribution is 2.21. The second-order valence-electron chi connectivity index (χ2n) is 3.70. The van der Waals surface area contributed by atoms with Crippen LogP contribution in [0.1, 0.15) is 10.4 Å². The number of pyridine rings is 1. The van der Waals surface area contributed by atoms with Crippen LogP contribution in [0.5, 0.6) is 0 Å². The monoisotopic (exact) mass is 343 g/mol. The van der Waals surface area contributed by atoms with E-state index in [1.807, 2.05) is 0 Å². The van der Waals surface area contributed by atoms with Gasteiger partial charge in [-0.2, -0.15) is 0 Å². The summed E-state index contributed by atoms with van der Waals surface area (Å²) in [5.74, 6) is -0.945. The minimum Gasteiger partial charge on any atom is -0.383 e. The van der Waals surface area contributed by atoms with E-state index in [-0.39, 0.29) is 22.1 Å². The molecule has 98 valence electrons. The number of halogens is 3. The number of hydrogen-bond acceptors (Lipinski definition) is 3. The Hall–Kier alpha value is -1.66. The Bertz CT molecular complexity index is 631. The van der Waals surface area contributed by atoms with Crippen LogP contribution in [0.2, 0.25) is 5.02 Å². The Morgan fingerprint density at radius 2 is 2.11 bits per heavy atom. The summed E-state index contributed by atoms with van der Waals surface area (Å²) in [5.41, 5.74) is 6.05. The number of amides is 1. The molecule has 3 N–H and O–H groups in total. The lowest BCUT2D eigenvalue weighted by Crippen LogP contribution is -2.15. The Balaban J connectivity index is 2.28. The first-order chi connectivity index (χ1) is 8.95. The van der Waals surface area contributed by atoms with E-state index in [1.165, 1.54) is 18.3 Å². The normalized spacial score (nSPS) is 10.3. The quantitative estimate of drug-likeness (QED) is 0.876. The van der Waals surface area contributed by atoms with E-state index in [0.29, 0.717) is 4.47 Å². The summed E-state index contributed by atoms with van der Waals surface area (Å²) in [6.07, 6.45) is 1.48. The lowest BCUT2D eigenvalue weighted by molar-refractivity contribution is 0.102. The molecule has 0 bridgehead atoms. The maximum Gasteiger partial charge on any atom is 0.259 e. The SMILES string of the molecule is Nc1ncc(Br)cc1C(=O)Nc1cc(F)cc(Cl)c1. The lowest BCUT2D eigenvalue weighted by Gasteiger charge is -2.08. The molecule has 0 spiro atoms. The molecule has 1 heterocycles. The minimum atomic E-state index is -0.539. The van der Waals surface area contributed by atoms with E-state index in [4.69, 9.17) is 17.3 Å². The molecule has 1 aromatic heterocycles. The van der Waals surface area contributed by atoms with E-state index < -0.39 is 11.7 Å². The molecular formula is C12H8BrClFN3O. The number of carbonyl (C=O) groups is 1. The van der Waals surface area contributed by atoms with Crippen molar-refractivity contribution in [1.29, 1.82) is 0 Å². The molecule has 0 aliphatic heterocycles. The first-order valence-corrected chi connectivity index (χ1v) is 6.31. The predicted molar refractivity (Wildman–Crippen MR) is 75.7 cm³/mol. The molecule has 0 aliphatic rings. The summed E-state index contributed by atoms with van der Waals surface area (Å²) in [5, 5.41) is 2.69. The smallest absolute Gasteiger partial charge is 0.259 e. The number of nitrogens with one attached hydrogen (secondary N) is 1. The molecular weight excluding hydrogens is 337 g/mol. The van der Waals surface area contributed by atoms with E-state index in [9.17, 15) is 9.18 Å². The van der Waals surface area contributed by atoms with Gasteiger partial charge in [-0.1, -0.05) is 11.6 Å². The summed E-state index contributed by atoms with van der Waals surface area (Å²) >= 11 is 8.89. The van der Waals surface area contributed by atoms with Crippen molar-refractivity contribution < 1.29 is 9.18 Å². The standard InChI is InChI=1S/C12H8BrClFN3O/c13-6-1-10(11(16)17-5-6)12(19)18-9-3-7(14)2-8(15)4-9/h1-5H,(H2,16,17)(H,18,19). The molecule has 0 saturated heterocycles. The molecule has 0 aliphatic carbocycles. The van der Waals surface area contributed by atoms with Crippen molar-refractivity contribution in [3.63, 3.8) is 0 Å². The Morgan fingerprint density at radius 1 is 1.37 bits per heavy atom. The molecule has 0 saturated carbocycles. The molecule has 1 aromatic carbocycles. The maximum atomic E-state index is 13.1. The first-order valence-electron chi connectivity index (χ1n) is 5.14. The van der Waals surface area contributed by atoms with Crippen LogP contribution in [0.4, 0.5) is 15.9 Å². The zero-order chi connectivity index (χ0) is 14.0. The van der Waals surface area contributed by atoms with Gasteiger partial charge in [0.05, 0.1) is 5.56 Å². The zero-order valence-corrected chi connectivity index (χ0v) is 11.8. The average molecular weight is 345 g/mol. The van der Waals surface area contributed by atoms with Gasteiger partial charge in [0.25, 0.3) is 5.91 Å². The molecule has 0 radical (unpaired) electrons. The predicted octanol–water partition coefficient (Wildman–Crippen LogP) is 3.47. The van der Waals surface area contributed by atoms with Crippen LogP contribution in [-0.4, -0.2) is 10.9 Å². The van der Waals surface area contributed by atoms with Crippen LogP contribution >= 0.6 is 27.5 Å². The molecule has 4 nitrogen and oxygen atoms in total. The Labute approximate surface area is 121 Å². The van der Waals surface area contributed by atoms with Crippen LogP contribution in [0, 0.1) is 5.82 Å². The third-order valence-corrected chi connectivity index (χ3v) is 2.90. The van der Waals surface area contributed by atoms with E-state index >= 15 is 0 Å². The third kappa shape index (κ3) is 3.42. The van der Waals surface area contributed by atoms with E-state index in [0.717, 1.165) is 12.1 Å². The highest BCUT2D eigenvalue weighted by molar-refractivity contribution is 9.10. The van der Waals surface area contributed by atoms with Crippen molar-refractivity contribution in [2.24, 2.45) is 0 Å². The van der Waals surface area contributed by atoms with Gasteiger partial charge in [0.1, 0.15) is 11.6 Å². The number of nitrogens with two attached hydrogens (primary N) is 1. The maximum absolute atomic E-state index is 13.1. The number of carbonyl (C=O) groups excluding carboxylic acids is 1. The zero-order valence-electron chi connectivity index (χ0n) is 9.45. The number of benzene rings is 1. The Morgan fingerprint density at radius 3 is 2.79 bits per heavy atom. The molecule has 19 heavy (non-hydrogen) atoms. The van der Waals surface area contributed by atoms with E-state index in [1.54, 1.807) is 0 Å². The van der Waals surface area contributed by atoms with Crippen molar-refractivity contribution in [2.75, 3.05) is 11.1 Å². The highest BCUT2D eigenvalue weighted by Gasteiger charge is 2.12. The topological polar surface area (TPSA) is 68.0 Å². The van der Waals surface area contributed by atoms with Gasteiger partial charge in [-0.3, -0.25) is 4.79 Å². The van der Waals surface area contributed by atoms with Crippen LogP contribution in [0.3, 0.4) is 0 Å². The number of nitrogen functional groups attached to an aromatic ring is 1. The molecule has 0 atom stereocenters. The van der Waals surface area contributed by atoms with Crippen LogP contribution in [-0.2, 0) is 0 Å². The summed E-state index contributed by atoms with van der Waals surface area (Å²) in [6, 6.07) is 5.26. The van der Waals surface area contributed by atoms with Crippen LogP contribution in [0.15, 0.2) is 34.9 Å². The minimum absolute atomic E-state index is 0.0863. The molecule has 0 fully saturated rings. The van der Waals surface area contributed by atoms with Crippen molar-refractivity contribution in [3.8, 4) is 0 Å². The van der Waals surface area contributed by atoms with Crippen molar-refractivity contribution >= 4 is 44.9 Å². The van der Waals surface area contributed by atoms with Gasteiger partial charge in [-0.25, -0.2) is 9.37 Å². The fraction of sp³-hybridized carbons (Fsp3) is 0. The van der Waals surface area contributed by atoms with Gasteiger partial charge in [0.15, 0.2) is 0 Å². The van der Waals surface area contributed by atoms with E-state index in [2.05, 4.69) is 26.2 Å². The number of hydrogen-bond donors (Lipinski definition) is 2. The number of nitrogens with zero attached hydrogens (tertiary/aromatic N) is 1. The molecule has 2 rings (SSSR count). The van der Waals surface area contributed by atoms with Gasteiger partial charge < -0.3 is 11.1 Å². The highest BCUT2D eigenvalue weighted by atomic mass is 79.9. The fourth-order valence-corrected chi connectivity index (χ4v) is 2.01. The van der Waals surface area contributed by atoms with Crippen LogP contribution in [0.25, 0.3) is 0 Å². The molecule has 1 amide bonds. The number of rotatable bonds is 2. The summed E-state index contributed by atoms with van der Waals surface area (Å²) in [4.78, 5) is 15.8. The van der Waals surface area contributed by atoms with Crippen LogP contribution < -0.4 is 11.1 Å². The fourth-order valence-electron chi connectivity index (χ4n) is 1.46. The van der Waals surface area contributed by atoms with Gasteiger partial charge in [-0.05, 0) is 40.2 Å². The average Bonchev–Trinajstić information content (AvgIpc) is 2.30. The largest absolute Gasteiger partial charge is 0.383 e. The van der Waals surface area contributed by atoms with Gasteiger partial charge in [0, 0.05) is 21.4 Å².